The summed E-state index contributed by atoms with van der Waals surface area (Å²) >= 11 is 0. The quantitative estimate of drug-likeness (QED) is 0.412. The van der Waals surface area contributed by atoms with Gasteiger partial charge in [0.1, 0.15) is 11.5 Å². The molecule has 0 spiro atoms. The summed E-state index contributed by atoms with van der Waals surface area (Å²) in [6.07, 6.45) is 1.94. The second-order valence-corrected chi connectivity index (χ2v) is 7.25. The Morgan fingerprint density at radius 2 is 1.55 bits per heavy atom. The fraction of sp³-hybridized carbons (Fsp3) is 0.269. The highest BCUT2D eigenvalue weighted by Gasteiger charge is 2.26. The lowest BCUT2D eigenvalue weighted by atomic mass is 10.2. The smallest absolute Gasteiger partial charge is 0.329 e. The van der Waals surface area contributed by atoms with E-state index < -0.39 is 0 Å². The average molecular weight is 419 g/mol. The van der Waals surface area contributed by atoms with Crippen molar-refractivity contribution in [2.24, 2.45) is 0 Å². The molecule has 0 saturated carbocycles. The second kappa shape index (κ2) is 11.1. The minimum Gasteiger partial charge on any atom is -0.497 e. The van der Waals surface area contributed by atoms with E-state index >= 15 is 0 Å². The van der Waals surface area contributed by atoms with Crippen molar-refractivity contribution >= 4 is 17.4 Å². The van der Waals surface area contributed by atoms with Gasteiger partial charge in [-0.3, -0.25) is 4.90 Å². The maximum atomic E-state index is 13.9. The first kappa shape index (κ1) is 22.2. The molecule has 0 aliphatic carbocycles. The predicted molar refractivity (Wildman–Crippen MR) is 125 cm³/mol. The van der Waals surface area contributed by atoms with Gasteiger partial charge in [-0.25, -0.2) is 4.79 Å². The molecule has 0 aliphatic heterocycles. The molecule has 0 aliphatic rings. The van der Waals surface area contributed by atoms with Gasteiger partial charge in [-0.1, -0.05) is 61.9 Å². The van der Waals surface area contributed by atoms with Crippen LogP contribution in [-0.4, -0.2) is 31.7 Å². The first-order chi connectivity index (χ1) is 15.2. The average Bonchev–Trinajstić information content (AvgIpc) is 2.83. The summed E-state index contributed by atoms with van der Waals surface area (Å²) in [7, 11) is 3.21. The van der Waals surface area contributed by atoms with Crippen LogP contribution in [0.3, 0.4) is 0 Å². The fourth-order valence-electron chi connectivity index (χ4n) is 3.44. The molecule has 5 heteroatoms. The Balaban J connectivity index is 2.04. The molecule has 0 radical (unpaired) electrons. The number of amides is 2. The van der Waals surface area contributed by atoms with Crippen LogP contribution in [0.15, 0.2) is 78.9 Å². The van der Waals surface area contributed by atoms with Crippen molar-refractivity contribution in [1.82, 2.24) is 4.90 Å². The molecule has 0 N–H and O–H groups in total. The minimum absolute atomic E-state index is 0.0908. The topological polar surface area (TPSA) is 42.0 Å². The van der Waals surface area contributed by atoms with Crippen molar-refractivity contribution < 1.29 is 14.3 Å². The van der Waals surface area contributed by atoms with Gasteiger partial charge in [0.15, 0.2) is 0 Å². The third kappa shape index (κ3) is 5.57. The van der Waals surface area contributed by atoms with E-state index in [0.717, 1.165) is 24.1 Å². The number of para-hydroxylation sites is 1. The SMILES string of the molecule is CCCCN(Cc1ccccc1)C(=O)N(c1ccccc1)c1ccc(OC)cc1OC. The van der Waals surface area contributed by atoms with E-state index in [-0.39, 0.29) is 6.03 Å². The van der Waals surface area contributed by atoms with E-state index in [9.17, 15) is 4.79 Å². The van der Waals surface area contributed by atoms with Crippen LogP contribution in [0.4, 0.5) is 16.2 Å². The number of methoxy groups -OCH3 is 2. The maximum Gasteiger partial charge on any atom is 0.329 e. The Kier molecular flexibility index (Phi) is 7.93. The van der Waals surface area contributed by atoms with E-state index in [1.807, 2.05) is 77.7 Å². The van der Waals surface area contributed by atoms with E-state index in [4.69, 9.17) is 9.47 Å². The molecule has 0 unspecified atom stereocenters. The number of ether oxygens (including phenoxy) is 2. The lowest BCUT2D eigenvalue weighted by Crippen LogP contribution is -2.41. The number of hydrogen-bond acceptors (Lipinski definition) is 3. The normalized spacial score (nSPS) is 10.4. The van der Waals surface area contributed by atoms with E-state index in [1.165, 1.54) is 0 Å². The van der Waals surface area contributed by atoms with Crippen LogP contribution in [0, 0.1) is 0 Å². The van der Waals surface area contributed by atoms with Crippen LogP contribution in [0.2, 0.25) is 0 Å². The fourth-order valence-corrected chi connectivity index (χ4v) is 3.44. The molecule has 5 nitrogen and oxygen atoms in total. The summed E-state index contributed by atoms with van der Waals surface area (Å²) in [6.45, 7) is 3.35. The molecular weight excluding hydrogens is 388 g/mol. The van der Waals surface area contributed by atoms with Gasteiger partial charge in [-0.15, -0.1) is 0 Å². The highest BCUT2D eigenvalue weighted by atomic mass is 16.5. The van der Waals surface area contributed by atoms with E-state index in [2.05, 4.69) is 6.92 Å². The van der Waals surface area contributed by atoms with Crippen LogP contribution in [-0.2, 0) is 6.54 Å². The van der Waals surface area contributed by atoms with Gasteiger partial charge in [-0.05, 0) is 36.2 Å². The number of nitrogens with zero attached hydrogens (tertiary/aromatic N) is 2. The molecule has 3 aromatic carbocycles. The van der Waals surface area contributed by atoms with E-state index in [1.54, 1.807) is 25.2 Å². The Labute approximate surface area is 184 Å². The van der Waals surface area contributed by atoms with Gasteiger partial charge in [0.05, 0.1) is 25.6 Å². The molecule has 0 saturated heterocycles. The Bertz CT molecular complexity index is 961. The standard InChI is InChI=1S/C26H30N2O3/c1-4-5-18-27(20-21-12-8-6-9-13-21)26(29)28(22-14-10-7-11-15-22)24-17-16-23(30-2)19-25(24)31-3/h6-17,19H,4-5,18,20H2,1-3H3. The van der Waals surface area contributed by atoms with Crippen LogP contribution in [0.25, 0.3) is 0 Å². The summed E-state index contributed by atoms with van der Waals surface area (Å²) in [5.41, 5.74) is 2.56. The van der Waals surface area contributed by atoms with E-state index in [0.29, 0.717) is 30.3 Å². The van der Waals surface area contributed by atoms with Gasteiger partial charge in [0, 0.05) is 19.2 Å². The summed E-state index contributed by atoms with van der Waals surface area (Å²) in [5, 5.41) is 0. The number of carbonyl (C=O) groups excluding carboxylic acids is 1. The minimum atomic E-state index is -0.0908. The van der Waals surface area contributed by atoms with Crippen LogP contribution >= 0.6 is 0 Å². The van der Waals surface area contributed by atoms with Crippen LogP contribution < -0.4 is 14.4 Å². The monoisotopic (exact) mass is 418 g/mol. The first-order valence-corrected chi connectivity index (χ1v) is 10.6. The van der Waals surface area contributed by atoms with Gasteiger partial charge in [-0.2, -0.15) is 0 Å². The number of rotatable bonds is 9. The molecule has 0 bridgehead atoms. The molecule has 3 aromatic rings. The third-order valence-electron chi connectivity index (χ3n) is 5.10. The zero-order valence-corrected chi connectivity index (χ0v) is 18.5. The van der Waals surface area contributed by atoms with Gasteiger partial charge >= 0.3 is 6.03 Å². The molecule has 0 fully saturated rings. The molecule has 0 atom stereocenters. The molecule has 3 rings (SSSR count). The molecular formula is C26H30N2O3. The summed E-state index contributed by atoms with van der Waals surface area (Å²) < 4.78 is 11.0. The van der Waals surface area contributed by atoms with Crippen LogP contribution in [0.1, 0.15) is 25.3 Å². The van der Waals surface area contributed by atoms with Gasteiger partial charge in [0.2, 0.25) is 0 Å². The number of carbonyl (C=O) groups is 1. The number of unbranched alkanes of at least 4 members (excludes halogenated alkanes) is 1. The number of anilines is 2. The number of urea groups is 1. The summed E-state index contributed by atoms with van der Waals surface area (Å²) in [4.78, 5) is 17.6. The van der Waals surface area contributed by atoms with Crippen molar-refractivity contribution in [3.05, 3.63) is 84.4 Å². The first-order valence-electron chi connectivity index (χ1n) is 10.6. The number of benzene rings is 3. The summed E-state index contributed by atoms with van der Waals surface area (Å²) in [5.74, 6) is 1.25. The Hall–Kier alpha value is -3.47. The molecule has 0 heterocycles. The second-order valence-electron chi connectivity index (χ2n) is 7.25. The highest BCUT2D eigenvalue weighted by molar-refractivity contribution is 6.01. The largest absolute Gasteiger partial charge is 0.497 e. The Morgan fingerprint density at radius 3 is 2.16 bits per heavy atom. The Morgan fingerprint density at radius 1 is 0.871 bits per heavy atom. The molecule has 162 valence electrons. The van der Waals surface area contributed by atoms with Crippen molar-refractivity contribution in [1.29, 1.82) is 0 Å². The van der Waals surface area contributed by atoms with Crippen molar-refractivity contribution in [2.75, 3.05) is 25.7 Å². The molecule has 0 aromatic heterocycles. The third-order valence-corrected chi connectivity index (χ3v) is 5.10. The predicted octanol–water partition coefficient (Wildman–Crippen LogP) is 6.26. The van der Waals surface area contributed by atoms with Crippen molar-refractivity contribution in [3.63, 3.8) is 0 Å². The molecule has 31 heavy (non-hydrogen) atoms. The zero-order chi connectivity index (χ0) is 22.1. The molecule has 2 amide bonds. The van der Waals surface area contributed by atoms with Crippen molar-refractivity contribution in [3.8, 4) is 11.5 Å². The zero-order valence-electron chi connectivity index (χ0n) is 18.5. The maximum absolute atomic E-state index is 13.9. The number of hydrogen-bond donors (Lipinski definition) is 0. The van der Waals surface area contributed by atoms with Crippen LogP contribution in [0.5, 0.6) is 11.5 Å². The van der Waals surface area contributed by atoms with Gasteiger partial charge < -0.3 is 14.4 Å². The highest BCUT2D eigenvalue weighted by Crippen LogP contribution is 2.37. The lowest BCUT2D eigenvalue weighted by molar-refractivity contribution is 0.203. The summed E-state index contributed by atoms with van der Waals surface area (Å²) in [6, 6.07) is 25.2. The lowest BCUT2D eigenvalue weighted by Gasteiger charge is -2.32. The van der Waals surface area contributed by atoms with Crippen molar-refractivity contribution in [2.45, 2.75) is 26.3 Å². The van der Waals surface area contributed by atoms with Gasteiger partial charge in [0.25, 0.3) is 0 Å².